The van der Waals surface area contributed by atoms with E-state index in [9.17, 15) is 13.2 Å². The molecule has 0 aliphatic carbocycles. The molecule has 4 aromatic rings. The summed E-state index contributed by atoms with van der Waals surface area (Å²) in [5.74, 6) is -0.252. The highest BCUT2D eigenvalue weighted by molar-refractivity contribution is 7.92. The van der Waals surface area contributed by atoms with Crippen LogP contribution in [0.4, 0.5) is 5.69 Å². The van der Waals surface area contributed by atoms with Crippen LogP contribution in [0, 0.1) is 6.92 Å². The lowest BCUT2D eigenvalue weighted by molar-refractivity contribution is 0.0437. The smallest absolute Gasteiger partial charge is 0.338 e. The van der Waals surface area contributed by atoms with Gasteiger partial charge in [-0.05, 0) is 42.8 Å². The monoisotopic (exact) mass is 462 g/mol. The van der Waals surface area contributed by atoms with Gasteiger partial charge in [0.15, 0.2) is 12.4 Å². The average Bonchev–Trinajstić information content (AvgIpc) is 3.27. The summed E-state index contributed by atoms with van der Waals surface area (Å²) in [6, 6.07) is 25.7. The number of aromatic nitrogens is 1. The van der Waals surface area contributed by atoms with E-state index < -0.39 is 16.0 Å². The van der Waals surface area contributed by atoms with Gasteiger partial charge in [-0.25, -0.2) is 13.2 Å². The van der Waals surface area contributed by atoms with Gasteiger partial charge in [-0.3, -0.25) is 4.31 Å². The van der Waals surface area contributed by atoms with E-state index in [0.29, 0.717) is 17.1 Å². The number of hydrogen-bond donors (Lipinski definition) is 0. The third kappa shape index (κ3) is 5.30. The number of anilines is 1. The van der Waals surface area contributed by atoms with Gasteiger partial charge in [-0.15, -0.1) is 0 Å². The van der Waals surface area contributed by atoms with Crippen molar-refractivity contribution in [1.82, 2.24) is 5.16 Å². The van der Waals surface area contributed by atoms with Gasteiger partial charge < -0.3 is 9.26 Å². The minimum absolute atomic E-state index is 0.00718. The molecule has 0 aliphatic heterocycles. The molecule has 168 valence electrons. The minimum Gasteiger partial charge on any atom is -0.454 e. The Kier molecular flexibility index (Phi) is 6.55. The first kappa shape index (κ1) is 22.3. The van der Waals surface area contributed by atoms with Crippen molar-refractivity contribution >= 4 is 21.7 Å². The summed E-state index contributed by atoms with van der Waals surface area (Å²) in [6.45, 7) is 1.81. The number of aryl methyl sites for hydroxylation is 1. The van der Waals surface area contributed by atoms with Crippen LogP contribution in [0.25, 0.3) is 0 Å². The van der Waals surface area contributed by atoms with Gasteiger partial charge >= 0.3 is 5.97 Å². The summed E-state index contributed by atoms with van der Waals surface area (Å²) in [5, 5.41) is 3.75. The van der Waals surface area contributed by atoms with Crippen LogP contribution in [0.2, 0.25) is 0 Å². The largest absolute Gasteiger partial charge is 0.454 e. The van der Waals surface area contributed by atoms with Crippen molar-refractivity contribution in [1.29, 1.82) is 0 Å². The van der Waals surface area contributed by atoms with Crippen molar-refractivity contribution in [2.75, 3.05) is 4.31 Å². The maximum absolute atomic E-state index is 13.6. The molecule has 4 rings (SSSR count). The molecule has 1 aromatic heterocycles. The summed E-state index contributed by atoms with van der Waals surface area (Å²) < 4.78 is 38.9. The number of hydrogen-bond acceptors (Lipinski definition) is 6. The zero-order chi connectivity index (χ0) is 23.3. The van der Waals surface area contributed by atoms with E-state index in [-0.39, 0.29) is 23.6 Å². The van der Waals surface area contributed by atoms with Crippen molar-refractivity contribution in [3.63, 3.8) is 0 Å². The number of carbonyl (C=O) groups is 1. The first-order valence-electron chi connectivity index (χ1n) is 10.2. The van der Waals surface area contributed by atoms with Crippen molar-refractivity contribution in [2.24, 2.45) is 0 Å². The van der Waals surface area contributed by atoms with Crippen LogP contribution >= 0.6 is 0 Å². The van der Waals surface area contributed by atoms with Crippen LogP contribution in [-0.2, 0) is 27.9 Å². The zero-order valence-corrected chi connectivity index (χ0v) is 18.7. The summed E-state index contributed by atoms with van der Waals surface area (Å²) in [6.07, 6.45) is 0. The molecule has 0 aliphatic rings. The second-order valence-electron chi connectivity index (χ2n) is 7.37. The topological polar surface area (TPSA) is 89.7 Å². The lowest BCUT2D eigenvalue weighted by Crippen LogP contribution is -2.30. The van der Waals surface area contributed by atoms with E-state index in [1.807, 2.05) is 36.4 Å². The predicted molar refractivity (Wildman–Crippen MR) is 123 cm³/mol. The molecular formula is C25H22N2O5S. The van der Waals surface area contributed by atoms with Crippen LogP contribution in [0.5, 0.6) is 0 Å². The Hall–Kier alpha value is -3.91. The summed E-state index contributed by atoms with van der Waals surface area (Å²) in [4.78, 5) is 12.5. The molecule has 3 aromatic carbocycles. The number of carbonyl (C=O) groups excluding carboxylic acids is 1. The molecular weight excluding hydrogens is 440 g/mol. The predicted octanol–water partition coefficient (Wildman–Crippen LogP) is 4.74. The SMILES string of the molecule is Cc1cc(COC(=O)c2cccc(S(=O)(=O)N(Cc3ccccc3)c3ccccc3)c2)on1. The molecule has 0 saturated heterocycles. The van der Waals surface area contributed by atoms with Crippen LogP contribution in [-0.4, -0.2) is 19.5 Å². The maximum Gasteiger partial charge on any atom is 0.338 e. The lowest BCUT2D eigenvalue weighted by atomic mass is 10.2. The molecule has 0 amide bonds. The van der Waals surface area contributed by atoms with Crippen LogP contribution < -0.4 is 4.31 Å². The molecule has 0 spiro atoms. The molecule has 0 fully saturated rings. The van der Waals surface area contributed by atoms with Crippen molar-refractivity contribution in [2.45, 2.75) is 25.0 Å². The molecule has 0 atom stereocenters. The fourth-order valence-corrected chi connectivity index (χ4v) is 4.77. The number of sulfonamides is 1. The summed E-state index contributed by atoms with van der Waals surface area (Å²) >= 11 is 0. The third-order valence-corrected chi connectivity index (χ3v) is 6.66. The van der Waals surface area contributed by atoms with Crippen LogP contribution in [0.15, 0.2) is 100 Å². The van der Waals surface area contributed by atoms with Gasteiger partial charge in [0.1, 0.15) is 0 Å². The molecule has 7 nitrogen and oxygen atoms in total. The highest BCUT2D eigenvalue weighted by Crippen LogP contribution is 2.26. The Labute approximate surface area is 192 Å². The van der Waals surface area contributed by atoms with E-state index in [4.69, 9.17) is 9.26 Å². The Bertz CT molecular complexity index is 1340. The molecule has 33 heavy (non-hydrogen) atoms. The number of para-hydroxylation sites is 1. The van der Waals surface area contributed by atoms with Crippen LogP contribution in [0.3, 0.4) is 0 Å². The van der Waals surface area contributed by atoms with E-state index in [1.165, 1.54) is 28.6 Å². The first-order valence-corrected chi connectivity index (χ1v) is 11.7. The number of nitrogens with zero attached hydrogens (tertiary/aromatic N) is 2. The van der Waals surface area contributed by atoms with Crippen LogP contribution in [0.1, 0.15) is 27.4 Å². The highest BCUT2D eigenvalue weighted by Gasteiger charge is 2.26. The fourth-order valence-electron chi connectivity index (χ4n) is 3.27. The molecule has 1 heterocycles. The Morgan fingerprint density at radius 2 is 1.64 bits per heavy atom. The Balaban J connectivity index is 1.61. The van der Waals surface area contributed by atoms with Gasteiger partial charge in [0.2, 0.25) is 0 Å². The Morgan fingerprint density at radius 1 is 0.939 bits per heavy atom. The van der Waals surface area contributed by atoms with Crippen molar-refractivity contribution in [3.8, 4) is 0 Å². The van der Waals surface area contributed by atoms with E-state index in [1.54, 1.807) is 37.3 Å². The van der Waals surface area contributed by atoms with E-state index in [0.717, 1.165) is 5.56 Å². The van der Waals surface area contributed by atoms with Crippen molar-refractivity contribution in [3.05, 3.63) is 114 Å². The normalized spacial score (nSPS) is 11.2. The van der Waals surface area contributed by atoms with Crippen molar-refractivity contribution < 1.29 is 22.5 Å². The molecule has 0 unspecified atom stereocenters. The van der Waals surface area contributed by atoms with Gasteiger partial charge in [0.05, 0.1) is 28.4 Å². The lowest BCUT2D eigenvalue weighted by Gasteiger charge is -2.25. The first-order chi connectivity index (χ1) is 15.9. The maximum atomic E-state index is 13.6. The molecule has 0 bridgehead atoms. The molecule has 8 heteroatoms. The number of esters is 1. The average molecular weight is 463 g/mol. The van der Waals surface area contributed by atoms with Gasteiger partial charge in [0.25, 0.3) is 10.0 Å². The molecule has 0 saturated carbocycles. The highest BCUT2D eigenvalue weighted by atomic mass is 32.2. The summed E-state index contributed by atoms with van der Waals surface area (Å²) in [5.41, 5.74) is 2.16. The third-order valence-electron chi connectivity index (χ3n) is 4.89. The second kappa shape index (κ2) is 9.70. The standard InChI is InChI=1S/C25H22N2O5S/c1-19-15-23(32-26-19)18-31-25(28)21-11-8-14-24(16-21)33(29,30)27(22-12-6-3-7-13-22)17-20-9-4-2-5-10-20/h2-16H,17-18H2,1H3. The molecule has 0 radical (unpaired) electrons. The molecule has 0 N–H and O–H groups in total. The number of benzene rings is 3. The fraction of sp³-hybridized carbons (Fsp3) is 0.120. The van der Waals surface area contributed by atoms with Gasteiger partial charge in [0, 0.05) is 6.07 Å². The van der Waals surface area contributed by atoms with Gasteiger partial charge in [-0.2, -0.15) is 0 Å². The minimum atomic E-state index is -3.98. The number of rotatable bonds is 8. The summed E-state index contributed by atoms with van der Waals surface area (Å²) in [7, 11) is -3.98. The van der Waals surface area contributed by atoms with Gasteiger partial charge in [-0.1, -0.05) is 59.8 Å². The van der Waals surface area contributed by atoms with E-state index >= 15 is 0 Å². The quantitative estimate of drug-likeness (QED) is 0.352. The van der Waals surface area contributed by atoms with E-state index in [2.05, 4.69) is 5.16 Å². The second-order valence-corrected chi connectivity index (χ2v) is 9.23. The number of ether oxygens (including phenoxy) is 1. The zero-order valence-electron chi connectivity index (χ0n) is 17.9. The Morgan fingerprint density at radius 3 is 2.30 bits per heavy atom.